The van der Waals surface area contributed by atoms with E-state index in [-0.39, 0.29) is 12.3 Å². The van der Waals surface area contributed by atoms with Crippen LogP contribution in [-0.2, 0) is 22.6 Å². The molecular weight excluding hydrogens is 547 g/mol. The average Bonchev–Trinajstić information content (AvgIpc) is 2.92. The number of rotatable bonds is 14. The van der Waals surface area contributed by atoms with Crippen molar-refractivity contribution in [1.29, 1.82) is 0 Å². The Bertz CT molecular complexity index is 1300. The van der Waals surface area contributed by atoms with Crippen molar-refractivity contribution in [3.8, 4) is 11.5 Å². The van der Waals surface area contributed by atoms with Crippen molar-refractivity contribution in [3.63, 3.8) is 0 Å². The molecule has 0 bridgehead atoms. The predicted molar refractivity (Wildman–Crippen MR) is 163 cm³/mol. The molecule has 0 spiro atoms. The number of amides is 1. The van der Waals surface area contributed by atoms with Gasteiger partial charge in [0.25, 0.3) is 0 Å². The van der Waals surface area contributed by atoms with Crippen molar-refractivity contribution >= 4 is 46.5 Å². The monoisotopic (exact) mass is 582 g/mol. The molecule has 0 aromatic heterocycles. The van der Waals surface area contributed by atoms with Gasteiger partial charge in [-0.1, -0.05) is 79.5 Å². The number of hydrogen-bond donors (Lipinski definition) is 2. The quantitative estimate of drug-likeness (QED) is 0.0865. The third-order valence-electron chi connectivity index (χ3n) is 6.06. The standard InChI is InChI=1S/C32H36Cl2N2O4/c1-22(2)11-6-4-5-7-16-30(37)35-21-23-17-18-28(29(19-23)39-3)40-31(38)20-24-12-8-9-15-27(24)36-32-25(33)13-10-14-26(32)34/h6,8-15,17-19,22,36H,4-5,7,16,20-21H2,1-3H3,(H,35,37). The lowest BCUT2D eigenvalue weighted by atomic mass is 10.1. The normalized spacial score (nSPS) is 11.1. The number of halogens is 2. The van der Waals surface area contributed by atoms with E-state index in [2.05, 4.69) is 36.6 Å². The first-order valence-corrected chi connectivity index (χ1v) is 14.1. The summed E-state index contributed by atoms with van der Waals surface area (Å²) < 4.78 is 11.1. The van der Waals surface area contributed by atoms with Gasteiger partial charge in [0.1, 0.15) is 0 Å². The van der Waals surface area contributed by atoms with Crippen LogP contribution in [0.1, 0.15) is 50.7 Å². The maximum absolute atomic E-state index is 12.9. The van der Waals surface area contributed by atoms with E-state index >= 15 is 0 Å². The summed E-state index contributed by atoms with van der Waals surface area (Å²) in [6.07, 6.45) is 7.68. The van der Waals surface area contributed by atoms with Crippen molar-refractivity contribution in [2.24, 2.45) is 5.92 Å². The summed E-state index contributed by atoms with van der Waals surface area (Å²) in [6.45, 7) is 4.66. The Morgan fingerprint density at radius 1 is 0.950 bits per heavy atom. The molecule has 0 aliphatic rings. The molecule has 0 aliphatic carbocycles. The summed E-state index contributed by atoms with van der Waals surface area (Å²) in [7, 11) is 1.51. The van der Waals surface area contributed by atoms with Crippen LogP contribution in [0.5, 0.6) is 11.5 Å². The smallest absolute Gasteiger partial charge is 0.315 e. The maximum Gasteiger partial charge on any atom is 0.315 e. The minimum Gasteiger partial charge on any atom is -0.493 e. The summed E-state index contributed by atoms with van der Waals surface area (Å²) in [6, 6.07) is 17.8. The highest BCUT2D eigenvalue weighted by atomic mass is 35.5. The number of allylic oxidation sites excluding steroid dienone is 2. The van der Waals surface area contributed by atoms with Crippen LogP contribution in [0.2, 0.25) is 10.0 Å². The van der Waals surface area contributed by atoms with Gasteiger partial charge in [-0.25, -0.2) is 0 Å². The molecule has 0 fully saturated rings. The minimum absolute atomic E-state index is 0.00710. The highest BCUT2D eigenvalue weighted by molar-refractivity contribution is 6.39. The number of methoxy groups -OCH3 is 1. The lowest BCUT2D eigenvalue weighted by Gasteiger charge is -2.15. The van der Waals surface area contributed by atoms with E-state index in [0.717, 1.165) is 30.4 Å². The predicted octanol–water partition coefficient (Wildman–Crippen LogP) is 8.28. The Balaban J connectivity index is 1.55. The molecule has 3 aromatic carbocycles. The number of para-hydroxylation sites is 2. The van der Waals surface area contributed by atoms with Gasteiger partial charge >= 0.3 is 5.97 Å². The van der Waals surface area contributed by atoms with Crippen LogP contribution in [0.3, 0.4) is 0 Å². The van der Waals surface area contributed by atoms with E-state index in [4.69, 9.17) is 32.7 Å². The lowest BCUT2D eigenvalue weighted by molar-refractivity contribution is -0.133. The number of benzene rings is 3. The number of unbranched alkanes of at least 4 members (excludes halogenated alkanes) is 2. The van der Waals surface area contributed by atoms with E-state index in [1.807, 2.05) is 24.3 Å². The van der Waals surface area contributed by atoms with E-state index in [0.29, 0.717) is 51.8 Å². The van der Waals surface area contributed by atoms with Crippen LogP contribution >= 0.6 is 23.2 Å². The zero-order valence-corrected chi connectivity index (χ0v) is 24.6. The van der Waals surface area contributed by atoms with Gasteiger partial charge in [0.15, 0.2) is 11.5 Å². The zero-order chi connectivity index (χ0) is 28.9. The number of carbonyl (C=O) groups is 2. The third-order valence-corrected chi connectivity index (χ3v) is 6.69. The number of nitrogens with one attached hydrogen (secondary N) is 2. The summed E-state index contributed by atoms with van der Waals surface area (Å²) in [5.74, 6) is 0.812. The molecule has 3 rings (SSSR count). The molecule has 0 radical (unpaired) electrons. The van der Waals surface area contributed by atoms with Crippen molar-refractivity contribution in [3.05, 3.63) is 94.0 Å². The van der Waals surface area contributed by atoms with E-state index in [9.17, 15) is 9.59 Å². The maximum atomic E-state index is 12.9. The molecule has 212 valence electrons. The summed E-state index contributed by atoms with van der Waals surface area (Å²) in [5, 5.41) is 7.11. The van der Waals surface area contributed by atoms with Gasteiger partial charge in [0.05, 0.1) is 29.3 Å². The molecule has 0 saturated carbocycles. The summed E-state index contributed by atoms with van der Waals surface area (Å²) >= 11 is 12.6. The van der Waals surface area contributed by atoms with Gasteiger partial charge < -0.3 is 20.1 Å². The van der Waals surface area contributed by atoms with Crippen LogP contribution in [0, 0.1) is 5.92 Å². The second kappa shape index (κ2) is 15.9. The van der Waals surface area contributed by atoms with Crippen LogP contribution in [0.4, 0.5) is 11.4 Å². The molecule has 0 aliphatic heterocycles. The van der Waals surface area contributed by atoms with Crippen LogP contribution in [0.25, 0.3) is 0 Å². The Morgan fingerprint density at radius 2 is 1.70 bits per heavy atom. The molecule has 1 amide bonds. The van der Waals surface area contributed by atoms with Crippen molar-refractivity contribution in [2.75, 3.05) is 12.4 Å². The number of esters is 1. The van der Waals surface area contributed by atoms with Gasteiger partial charge in [-0.2, -0.15) is 0 Å². The van der Waals surface area contributed by atoms with Crippen molar-refractivity contribution in [2.45, 2.75) is 52.5 Å². The van der Waals surface area contributed by atoms with E-state index in [1.165, 1.54) is 7.11 Å². The fourth-order valence-electron chi connectivity index (χ4n) is 3.97. The highest BCUT2D eigenvalue weighted by Crippen LogP contribution is 2.34. The molecule has 0 heterocycles. The highest BCUT2D eigenvalue weighted by Gasteiger charge is 2.15. The summed E-state index contributed by atoms with van der Waals surface area (Å²) in [4.78, 5) is 25.1. The molecule has 0 saturated heterocycles. The Labute approximate surface area is 246 Å². The molecular formula is C32H36Cl2N2O4. The Kier molecular flexibility index (Phi) is 12.4. The second-order valence-electron chi connectivity index (χ2n) is 9.71. The third kappa shape index (κ3) is 9.92. The Hall–Kier alpha value is -3.48. The summed E-state index contributed by atoms with van der Waals surface area (Å²) in [5.41, 5.74) is 2.82. The average molecular weight is 584 g/mol. The van der Waals surface area contributed by atoms with Crippen LogP contribution in [0.15, 0.2) is 72.8 Å². The number of ether oxygens (including phenoxy) is 2. The first-order chi connectivity index (χ1) is 19.3. The van der Waals surface area contributed by atoms with Crippen molar-refractivity contribution in [1.82, 2.24) is 5.32 Å². The zero-order valence-electron chi connectivity index (χ0n) is 23.1. The molecule has 40 heavy (non-hydrogen) atoms. The first kappa shape index (κ1) is 31.1. The van der Waals surface area contributed by atoms with Crippen LogP contribution < -0.4 is 20.1 Å². The van der Waals surface area contributed by atoms with E-state index < -0.39 is 5.97 Å². The first-order valence-electron chi connectivity index (χ1n) is 13.4. The number of hydrogen-bond acceptors (Lipinski definition) is 5. The largest absolute Gasteiger partial charge is 0.493 e. The topological polar surface area (TPSA) is 76.7 Å². The van der Waals surface area contributed by atoms with Gasteiger partial charge in [-0.05, 0) is 66.6 Å². The van der Waals surface area contributed by atoms with E-state index in [1.54, 1.807) is 36.4 Å². The van der Waals surface area contributed by atoms with Gasteiger partial charge in [0, 0.05) is 18.7 Å². The molecule has 0 unspecified atom stereocenters. The molecule has 2 N–H and O–H groups in total. The van der Waals surface area contributed by atoms with Crippen molar-refractivity contribution < 1.29 is 19.1 Å². The molecule has 6 nitrogen and oxygen atoms in total. The number of carbonyl (C=O) groups excluding carboxylic acids is 2. The van der Waals surface area contributed by atoms with Gasteiger partial charge in [-0.15, -0.1) is 0 Å². The molecule has 3 aromatic rings. The fraction of sp³-hybridized carbons (Fsp3) is 0.312. The lowest BCUT2D eigenvalue weighted by Crippen LogP contribution is -2.22. The van der Waals surface area contributed by atoms with Gasteiger partial charge in [0.2, 0.25) is 5.91 Å². The fourth-order valence-corrected chi connectivity index (χ4v) is 4.47. The second-order valence-corrected chi connectivity index (χ2v) is 10.5. The van der Waals surface area contributed by atoms with Gasteiger partial charge in [-0.3, -0.25) is 9.59 Å². The SMILES string of the molecule is COc1cc(CNC(=O)CCCCC=CC(C)C)ccc1OC(=O)Cc1ccccc1Nc1c(Cl)cccc1Cl. The minimum atomic E-state index is -0.456. The number of anilines is 2. The Morgan fingerprint density at radius 3 is 2.42 bits per heavy atom. The van der Waals surface area contributed by atoms with Crippen LogP contribution in [-0.4, -0.2) is 19.0 Å². The molecule has 0 atom stereocenters. The molecule has 8 heteroatoms.